The number of para-hydroxylation sites is 1. The average Bonchev–Trinajstić information content (AvgIpc) is 3.28. The van der Waals surface area contributed by atoms with Crippen molar-refractivity contribution < 1.29 is 23.0 Å². The fourth-order valence-electron chi connectivity index (χ4n) is 3.35. The van der Waals surface area contributed by atoms with Gasteiger partial charge < -0.3 is 14.8 Å². The first kappa shape index (κ1) is 24.2. The molecule has 0 fully saturated rings. The number of thioether (sulfide) groups is 1. The molecule has 0 aliphatic carbocycles. The molecule has 1 unspecified atom stereocenters. The zero-order valence-electron chi connectivity index (χ0n) is 19.2. The highest BCUT2D eigenvalue weighted by Crippen LogP contribution is 2.35. The van der Waals surface area contributed by atoms with Gasteiger partial charge in [-0.3, -0.25) is 9.36 Å². The van der Waals surface area contributed by atoms with Crippen LogP contribution < -0.4 is 14.8 Å². The maximum atomic E-state index is 14.0. The van der Waals surface area contributed by atoms with Crippen molar-refractivity contribution >= 4 is 23.4 Å². The molecule has 1 N–H and O–H groups in total. The van der Waals surface area contributed by atoms with E-state index in [-0.39, 0.29) is 5.69 Å². The lowest BCUT2D eigenvalue weighted by molar-refractivity contribution is -0.115. The molecule has 35 heavy (non-hydrogen) atoms. The minimum Gasteiger partial charge on any atom is -0.497 e. The van der Waals surface area contributed by atoms with Gasteiger partial charge in [0.2, 0.25) is 5.91 Å². The van der Waals surface area contributed by atoms with E-state index in [1.807, 2.05) is 53.1 Å². The van der Waals surface area contributed by atoms with E-state index >= 15 is 0 Å². The Morgan fingerprint density at radius 2 is 1.74 bits per heavy atom. The molecule has 0 spiro atoms. The van der Waals surface area contributed by atoms with Gasteiger partial charge in [-0.2, -0.15) is 0 Å². The lowest BCUT2D eigenvalue weighted by Gasteiger charge is -2.15. The molecule has 0 aliphatic heterocycles. The van der Waals surface area contributed by atoms with E-state index in [4.69, 9.17) is 9.47 Å². The van der Waals surface area contributed by atoms with Crippen molar-refractivity contribution in [2.75, 3.05) is 19.5 Å². The Bertz CT molecular complexity index is 1350. The highest BCUT2D eigenvalue weighted by molar-refractivity contribution is 8.00. The highest BCUT2D eigenvalue weighted by Gasteiger charge is 2.24. The molecule has 0 aliphatic rings. The second kappa shape index (κ2) is 10.6. The second-order valence-electron chi connectivity index (χ2n) is 7.41. The summed E-state index contributed by atoms with van der Waals surface area (Å²) in [5.41, 5.74) is 1.36. The lowest BCUT2D eigenvalue weighted by atomic mass is 10.2. The second-order valence-corrected chi connectivity index (χ2v) is 8.72. The Labute approximate surface area is 205 Å². The van der Waals surface area contributed by atoms with Crippen LogP contribution in [0.25, 0.3) is 17.1 Å². The summed E-state index contributed by atoms with van der Waals surface area (Å²) >= 11 is 1.15. The van der Waals surface area contributed by atoms with Crippen molar-refractivity contribution in [1.82, 2.24) is 14.8 Å². The van der Waals surface area contributed by atoms with E-state index in [2.05, 4.69) is 15.5 Å². The number of rotatable bonds is 8. The first-order chi connectivity index (χ1) is 16.9. The van der Waals surface area contributed by atoms with Gasteiger partial charge in [-0.05, 0) is 55.5 Å². The number of amides is 1. The number of nitrogens with zero attached hydrogens (tertiary/aromatic N) is 3. The standard InChI is InChI=1S/C25H22F2N4O3S/c1-15(24(32)28-21-13-8-16(26)14-20(21)27)35-25-30-29-23(19-6-4-5-7-22(19)34-3)31(25)17-9-11-18(33-2)12-10-17/h4-15H,1-3H3,(H,28,32). The average molecular weight is 497 g/mol. The van der Waals surface area contributed by atoms with Crippen LogP contribution in [-0.4, -0.2) is 40.1 Å². The molecule has 0 saturated heterocycles. The number of hydrogen-bond acceptors (Lipinski definition) is 6. The molecular weight excluding hydrogens is 474 g/mol. The third kappa shape index (κ3) is 5.27. The third-order valence-electron chi connectivity index (χ3n) is 5.15. The number of methoxy groups -OCH3 is 2. The number of benzene rings is 3. The Balaban J connectivity index is 1.68. The molecule has 7 nitrogen and oxygen atoms in total. The quantitative estimate of drug-likeness (QED) is 0.332. The molecule has 4 aromatic rings. The van der Waals surface area contributed by atoms with Crippen LogP contribution in [0.15, 0.2) is 71.9 Å². The largest absolute Gasteiger partial charge is 0.497 e. The first-order valence-electron chi connectivity index (χ1n) is 10.6. The van der Waals surface area contributed by atoms with Crippen molar-refractivity contribution in [2.24, 2.45) is 0 Å². The van der Waals surface area contributed by atoms with Gasteiger partial charge in [-0.1, -0.05) is 23.9 Å². The molecular formula is C25H22F2N4O3S. The van der Waals surface area contributed by atoms with Crippen LogP contribution in [0.3, 0.4) is 0 Å². The van der Waals surface area contributed by atoms with Gasteiger partial charge in [0.1, 0.15) is 23.1 Å². The van der Waals surface area contributed by atoms with Crippen molar-refractivity contribution in [3.8, 4) is 28.6 Å². The summed E-state index contributed by atoms with van der Waals surface area (Å²) in [7, 11) is 3.16. The molecule has 10 heteroatoms. The predicted octanol–water partition coefficient (Wildman–Crippen LogP) is 5.35. The van der Waals surface area contributed by atoms with Crippen molar-refractivity contribution in [3.63, 3.8) is 0 Å². The van der Waals surface area contributed by atoms with Crippen molar-refractivity contribution in [2.45, 2.75) is 17.3 Å². The Hall–Kier alpha value is -3.92. The van der Waals surface area contributed by atoms with Gasteiger partial charge in [0.25, 0.3) is 0 Å². The molecule has 1 aromatic heterocycles. The van der Waals surface area contributed by atoms with Crippen LogP contribution in [0.5, 0.6) is 11.5 Å². The summed E-state index contributed by atoms with van der Waals surface area (Å²) in [6.07, 6.45) is 0. The topological polar surface area (TPSA) is 78.3 Å². The molecule has 1 heterocycles. The van der Waals surface area contributed by atoms with Crippen LogP contribution in [0.4, 0.5) is 14.5 Å². The molecule has 0 saturated carbocycles. The number of ether oxygens (including phenoxy) is 2. The summed E-state index contributed by atoms with van der Waals surface area (Å²) in [5.74, 6) is -0.224. The van der Waals surface area contributed by atoms with E-state index in [9.17, 15) is 13.6 Å². The molecule has 3 aromatic carbocycles. The first-order valence-corrected chi connectivity index (χ1v) is 11.4. The number of nitrogens with one attached hydrogen (secondary N) is 1. The van der Waals surface area contributed by atoms with Gasteiger partial charge in [0.15, 0.2) is 11.0 Å². The summed E-state index contributed by atoms with van der Waals surface area (Å²) < 4.78 is 39.8. The smallest absolute Gasteiger partial charge is 0.237 e. The molecule has 180 valence electrons. The highest BCUT2D eigenvalue weighted by atomic mass is 32.2. The number of hydrogen-bond donors (Lipinski definition) is 1. The van der Waals surface area contributed by atoms with Gasteiger partial charge in [-0.25, -0.2) is 8.78 Å². The number of anilines is 1. The van der Waals surface area contributed by atoms with Crippen LogP contribution in [0.2, 0.25) is 0 Å². The van der Waals surface area contributed by atoms with Gasteiger partial charge >= 0.3 is 0 Å². The zero-order chi connectivity index (χ0) is 24.9. The van der Waals surface area contributed by atoms with E-state index < -0.39 is 22.8 Å². The molecule has 0 radical (unpaired) electrons. The summed E-state index contributed by atoms with van der Waals surface area (Å²) in [5, 5.41) is 11.0. The van der Waals surface area contributed by atoms with Gasteiger partial charge in [0.05, 0.1) is 36.4 Å². The summed E-state index contributed by atoms with van der Waals surface area (Å²) in [6.45, 7) is 1.66. The van der Waals surface area contributed by atoms with E-state index in [1.165, 1.54) is 6.07 Å². The number of halogens is 2. The van der Waals surface area contributed by atoms with E-state index in [0.29, 0.717) is 28.5 Å². The van der Waals surface area contributed by atoms with Crippen LogP contribution in [0.1, 0.15) is 6.92 Å². The van der Waals surface area contributed by atoms with Gasteiger partial charge in [0, 0.05) is 6.07 Å². The molecule has 1 atom stereocenters. The van der Waals surface area contributed by atoms with E-state index in [0.717, 1.165) is 29.1 Å². The summed E-state index contributed by atoms with van der Waals surface area (Å²) in [4.78, 5) is 12.8. The third-order valence-corrected chi connectivity index (χ3v) is 6.19. The predicted molar refractivity (Wildman–Crippen MR) is 130 cm³/mol. The van der Waals surface area contributed by atoms with Crippen molar-refractivity contribution in [3.05, 3.63) is 78.4 Å². The fraction of sp³-hybridized carbons (Fsp3) is 0.160. The number of carbonyl (C=O) groups excluding carboxylic acids is 1. The minimum atomic E-state index is -0.851. The lowest BCUT2D eigenvalue weighted by Crippen LogP contribution is -2.23. The summed E-state index contributed by atoms with van der Waals surface area (Å²) in [6, 6.07) is 17.7. The Morgan fingerprint density at radius 3 is 2.43 bits per heavy atom. The maximum Gasteiger partial charge on any atom is 0.237 e. The van der Waals surface area contributed by atoms with Crippen molar-refractivity contribution in [1.29, 1.82) is 0 Å². The normalized spacial score (nSPS) is 11.7. The van der Waals surface area contributed by atoms with Crippen LogP contribution >= 0.6 is 11.8 Å². The molecule has 0 bridgehead atoms. The molecule has 1 amide bonds. The van der Waals surface area contributed by atoms with Gasteiger partial charge in [-0.15, -0.1) is 10.2 Å². The molecule has 4 rings (SSSR count). The zero-order valence-corrected chi connectivity index (χ0v) is 20.0. The minimum absolute atomic E-state index is 0.102. The Morgan fingerprint density at radius 1 is 1.00 bits per heavy atom. The number of aromatic nitrogens is 3. The number of carbonyl (C=O) groups is 1. The van der Waals surface area contributed by atoms with Crippen LogP contribution in [-0.2, 0) is 4.79 Å². The Kier molecular flexibility index (Phi) is 7.31. The maximum absolute atomic E-state index is 14.0. The fourth-order valence-corrected chi connectivity index (χ4v) is 4.22. The van der Waals surface area contributed by atoms with E-state index in [1.54, 1.807) is 21.1 Å². The SMILES string of the molecule is COc1ccc(-n2c(SC(C)C(=O)Nc3ccc(F)cc3F)nnc2-c2ccccc2OC)cc1. The van der Waals surface area contributed by atoms with Crippen LogP contribution in [0, 0.1) is 11.6 Å². The monoisotopic (exact) mass is 496 g/mol.